The normalized spacial score (nSPS) is 11.9. The molecule has 4 heterocycles. The van der Waals surface area contributed by atoms with Crippen molar-refractivity contribution in [3.8, 4) is 89.3 Å². The molecule has 4 nitrogen and oxygen atoms in total. The number of para-hydroxylation sites is 6. The van der Waals surface area contributed by atoms with Crippen LogP contribution in [0.2, 0.25) is 0 Å². The van der Waals surface area contributed by atoms with Crippen LogP contribution < -0.4 is 0 Å². The molecule has 0 saturated heterocycles. The van der Waals surface area contributed by atoms with E-state index in [1.165, 1.54) is 158 Å². The van der Waals surface area contributed by atoms with E-state index in [0.717, 1.165) is 83.0 Å². The molecular formula is C114H70N2O2. The van der Waals surface area contributed by atoms with Crippen molar-refractivity contribution < 1.29 is 8.83 Å². The van der Waals surface area contributed by atoms with Gasteiger partial charge in [0.1, 0.15) is 22.3 Å². The third-order valence-corrected chi connectivity index (χ3v) is 24.8. The number of hydrogen-bond donors (Lipinski definition) is 0. The summed E-state index contributed by atoms with van der Waals surface area (Å²) in [4.78, 5) is 0. The zero-order valence-corrected chi connectivity index (χ0v) is 64.1. The van der Waals surface area contributed by atoms with Gasteiger partial charge in [0.2, 0.25) is 0 Å². The fourth-order valence-electron chi connectivity index (χ4n) is 19.6. The minimum absolute atomic E-state index is 0.910. The number of fused-ring (bicyclic) bond motifs is 18. The van der Waals surface area contributed by atoms with E-state index < -0.39 is 0 Å². The number of furan rings is 2. The van der Waals surface area contributed by atoms with Crippen molar-refractivity contribution in [2.24, 2.45) is 0 Å². The summed E-state index contributed by atoms with van der Waals surface area (Å²) >= 11 is 0. The molecule has 0 aliphatic carbocycles. The molecule has 0 aliphatic rings. The van der Waals surface area contributed by atoms with Gasteiger partial charge in [-0.1, -0.05) is 346 Å². The highest BCUT2D eigenvalue weighted by Crippen LogP contribution is 2.51. The summed E-state index contributed by atoms with van der Waals surface area (Å²) in [5, 5.41) is 24.4. The van der Waals surface area contributed by atoms with Crippen molar-refractivity contribution in [3.63, 3.8) is 0 Å². The van der Waals surface area contributed by atoms with Crippen molar-refractivity contribution in [1.29, 1.82) is 0 Å². The lowest BCUT2D eigenvalue weighted by molar-refractivity contribution is 0.669. The van der Waals surface area contributed by atoms with Crippen LogP contribution in [0.25, 0.3) is 241 Å². The first-order chi connectivity index (χ1) is 58.6. The predicted molar refractivity (Wildman–Crippen MR) is 499 cm³/mol. The maximum absolute atomic E-state index is 6.52. The van der Waals surface area contributed by atoms with Crippen LogP contribution in [0.15, 0.2) is 433 Å². The highest BCUT2D eigenvalue weighted by Gasteiger charge is 2.25. The molecule has 0 spiro atoms. The third-order valence-electron chi connectivity index (χ3n) is 24.8. The van der Waals surface area contributed by atoms with Gasteiger partial charge in [-0.25, -0.2) is 0 Å². The fourth-order valence-corrected chi connectivity index (χ4v) is 19.6. The minimum Gasteiger partial charge on any atom is -0.455 e. The summed E-state index contributed by atoms with van der Waals surface area (Å²) in [5.74, 6) is 0. The van der Waals surface area contributed by atoms with Gasteiger partial charge in [0, 0.05) is 65.6 Å². The van der Waals surface area contributed by atoms with Crippen LogP contribution in [0.3, 0.4) is 0 Å². The lowest BCUT2D eigenvalue weighted by Gasteiger charge is -2.21. The second-order valence-corrected chi connectivity index (χ2v) is 31.1. The standard InChI is InChI=1S/C58H35NO.C56H35NO/c1-3-18-40-36(14-1)16-11-25-45(40)56-47-22-5-6-23-48(47)57(46-26-12-17-37-15-2-4-19-41(37)46)52-35-39(31-32-49(52)56)59-53-28-9-7-20-43(53)51-34-38(30-33-54(51)59)42-24-13-27-50-44-21-8-10-29-55(44)60-58(42)50;1-2-14-36(15-3-1)38-16-12-17-40(34-38)55-47-22-6-4-20-45(47)54(46-21-5-7-23-48(46)55)37-28-31-41(32-29-37)57-51-26-10-8-18-43(51)50-35-39(30-33-52(50)57)42-24-13-25-49-44-19-9-11-27-53(44)58-56(42)49/h1-35H;1-35H. The van der Waals surface area contributed by atoms with E-state index in [2.05, 4.69) is 416 Å². The number of rotatable bonds is 9. The maximum Gasteiger partial charge on any atom is 0.143 e. The Hall–Kier alpha value is -15.6. The van der Waals surface area contributed by atoms with Crippen molar-refractivity contribution >= 4 is 152 Å². The van der Waals surface area contributed by atoms with Gasteiger partial charge in [-0.05, 0) is 210 Å². The summed E-state index contributed by atoms with van der Waals surface area (Å²) in [6, 6.07) is 155. The lowest BCUT2D eigenvalue weighted by atomic mass is 9.83. The summed E-state index contributed by atoms with van der Waals surface area (Å²) in [6.07, 6.45) is 0. The third kappa shape index (κ3) is 10.6. The Kier molecular flexibility index (Phi) is 15.3. The number of hydrogen-bond acceptors (Lipinski definition) is 2. The molecule has 21 aromatic carbocycles. The number of nitrogens with zero attached hydrogens (tertiary/aromatic N) is 2. The van der Waals surface area contributed by atoms with E-state index in [1.54, 1.807) is 0 Å². The quantitative estimate of drug-likeness (QED) is 0.135. The van der Waals surface area contributed by atoms with Gasteiger partial charge in [0.05, 0.1) is 22.1 Å². The van der Waals surface area contributed by atoms with Crippen LogP contribution >= 0.6 is 0 Å². The maximum atomic E-state index is 6.52. The topological polar surface area (TPSA) is 36.1 Å². The van der Waals surface area contributed by atoms with Gasteiger partial charge in [-0.15, -0.1) is 0 Å². The smallest absolute Gasteiger partial charge is 0.143 e. The van der Waals surface area contributed by atoms with Crippen LogP contribution in [0.1, 0.15) is 0 Å². The molecule has 118 heavy (non-hydrogen) atoms. The summed E-state index contributed by atoms with van der Waals surface area (Å²) in [5.41, 5.74) is 27.5. The average molecular weight is 1500 g/mol. The molecule has 0 aliphatic heterocycles. The van der Waals surface area contributed by atoms with E-state index in [-0.39, 0.29) is 0 Å². The van der Waals surface area contributed by atoms with Gasteiger partial charge >= 0.3 is 0 Å². The highest BCUT2D eigenvalue weighted by atomic mass is 16.3. The molecule has 0 N–H and O–H groups in total. The van der Waals surface area contributed by atoms with Crippen molar-refractivity contribution in [2.75, 3.05) is 0 Å². The van der Waals surface area contributed by atoms with Gasteiger partial charge in [-0.2, -0.15) is 0 Å². The van der Waals surface area contributed by atoms with Crippen molar-refractivity contribution in [3.05, 3.63) is 425 Å². The van der Waals surface area contributed by atoms with Gasteiger partial charge < -0.3 is 18.0 Å². The van der Waals surface area contributed by atoms with Crippen molar-refractivity contribution in [1.82, 2.24) is 9.13 Å². The molecular weight excluding hydrogens is 1430 g/mol. The van der Waals surface area contributed by atoms with E-state index in [9.17, 15) is 0 Å². The van der Waals surface area contributed by atoms with E-state index in [4.69, 9.17) is 8.83 Å². The molecule has 548 valence electrons. The molecule has 0 amide bonds. The van der Waals surface area contributed by atoms with Gasteiger partial charge in [0.15, 0.2) is 0 Å². The van der Waals surface area contributed by atoms with Gasteiger partial charge in [0.25, 0.3) is 0 Å². The van der Waals surface area contributed by atoms with Crippen LogP contribution in [0, 0.1) is 0 Å². The zero-order valence-electron chi connectivity index (χ0n) is 64.1. The van der Waals surface area contributed by atoms with E-state index in [1.807, 2.05) is 18.2 Å². The molecule has 4 heteroatoms. The second kappa shape index (κ2) is 27.0. The molecule has 0 radical (unpaired) electrons. The van der Waals surface area contributed by atoms with Crippen LogP contribution in [0.5, 0.6) is 0 Å². The van der Waals surface area contributed by atoms with Crippen molar-refractivity contribution in [2.45, 2.75) is 0 Å². The first-order valence-corrected chi connectivity index (χ1v) is 40.6. The Balaban J connectivity index is 0.000000135. The molecule has 0 unspecified atom stereocenters. The number of aromatic nitrogens is 2. The molecule has 4 aromatic heterocycles. The Bertz CT molecular complexity index is 8370. The van der Waals surface area contributed by atoms with Crippen LogP contribution in [-0.4, -0.2) is 9.13 Å². The molecule has 0 saturated carbocycles. The average Bonchev–Trinajstić information content (AvgIpc) is 0.733. The Morgan fingerprint density at radius 1 is 0.153 bits per heavy atom. The molecule has 25 rings (SSSR count). The molecule has 25 aromatic rings. The Morgan fingerprint density at radius 2 is 0.492 bits per heavy atom. The van der Waals surface area contributed by atoms with Crippen LogP contribution in [-0.2, 0) is 0 Å². The summed E-state index contributed by atoms with van der Waals surface area (Å²) < 4.78 is 17.8. The summed E-state index contributed by atoms with van der Waals surface area (Å²) in [6.45, 7) is 0. The Labute approximate surface area is 679 Å². The summed E-state index contributed by atoms with van der Waals surface area (Å²) in [7, 11) is 0. The first-order valence-electron chi connectivity index (χ1n) is 40.6. The largest absolute Gasteiger partial charge is 0.455 e. The molecule has 0 fully saturated rings. The van der Waals surface area contributed by atoms with Crippen LogP contribution in [0.4, 0.5) is 0 Å². The minimum atomic E-state index is 0.910. The highest BCUT2D eigenvalue weighted by molar-refractivity contribution is 6.27. The molecule has 0 bridgehead atoms. The van der Waals surface area contributed by atoms with Gasteiger partial charge in [-0.3, -0.25) is 0 Å². The first kappa shape index (κ1) is 66.9. The monoisotopic (exact) mass is 1500 g/mol. The second-order valence-electron chi connectivity index (χ2n) is 31.1. The molecule has 0 atom stereocenters. The lowest BCUT2D eigenvalue weighted by Crippen LogP contribution is -1.97. The van der Waals surface area contributed by atoms with E-state index >= 15 is 0 Å². The Morgan fingerprint density at radius 3 is 1.02 bits per heavy atom. The zero-order chi connectivity index (χ0) is 77.5. The SMILES string of the molecule is c1ccc(-c2cccc(-c3c4ccccc4c(-c4ccc(-n5c6ccccc6c6cc(-c7cccc8c7oc7ccccc78)ccc65)cc4)c4ccccc34)c2)cc1.c1ccc2c(-c3c4ccccc4c(-c4cccc5ccccc45)c4cc(-n5c6ccccc6c6cc(-c7cccc8c7oc7ccccc78)ccc65)ccc34)cccc2c1. The fraction of sp³-hybridized carbons (Fsp3) is 0. The number of benzene rings is 21. The van der Waals surface area contributed by atoms with E-state index in [0.29, 0.717) is 0 Å². The predicted octanol–water partition coefficient (Wildman–Crippen LogP) is 32.0.